The fourth-order valence-corrected chi connectivity index (χ4v) is 4.96. The second-order valence-corrected chi connectivity index (χ2v) is 9.47. The SMILES string of the molecule is Cc1ccc(S(=O)(=O)N2CCN(C(=O)CCC(=O)NC[C@@H]3CCCO3)CC2)cc1. The van der Waals surface area contributed by atoms with Crippen LogP contribution in [0.3, 0.4) is 0 Å². The first-order valence-corrected chi connectivity index (χ1v) is 11.5. The molecule has 0 radical (unpaired) electrons. The van der Waals surface area contributed by atoms with Crippen LogP contribution in [0.1, 0.15) is 31.2 Å². The average molecular weight is 424 g/mol. The number of rotatable bonds is 7. The van der Waals surface area contributed by atoms with Gasteiger partial charge in [0, 0.05) is 52.2 Å². The van der Waals surface area contributed by atoms with Gasteiger partial charge in [0.1, 0.15) is 0 Å². The number of hydrogen-bond donors (Lipinski definition) is 1. The highest BCUT2D eigenvalue weighted by atomic mass is 32.2. The van der Waals surface area contributed by atoms with Crippen LogP contribution in [-0.4, -0.2) is 74.9 Å². The zero-order valence-electron chi connectivity index (χ0n) is 16.8. The van der Waals surface area contributed by atoms with Crippen LogP contribution in [0, 0.1) is 6.92 Å². The van der Waals surface area contributed by atoms with Gasteiger partial charge in [-0.3, -0.25) is 9.59 Å². The lowest BCUT2D eigenvalue weighted by Gasteiger charge is -2.34. The summed E-state index contributed by atoms with van der Waals surface area (Å²) in [6, 6.07) is 6.77. The normalized spacial score (nSPS) is 20.6. The topological polar surface area (TPSA) is 96.0 Å². The summed E-state index contributed by atoms with van der Waals surface area (Å²) in [7, 11) is -3.55. The van der Waals surface area contributed by atoms with E-state index < -0.39 is 10.0 Å². The highest BCUT2D eigenvalue weighted by Gasteiger charge is 2.30. The smallest absolute Gasteiger partial charge is 0.243 e. The molecule has 9 heteroatoms. The van der Waals surface area contributed by atoms with Crippen LogP contribution < -0.4 is 5.32 Å². The van der Waals surface area contributed by atoms with Gasteiger partial charge in [-0.05, 0) is 31.9 Å². The second-order valence-electron chi connectivity index (χ2n) is 7.54. The molecule has 2 heterocycles. The summed E-state index contributed by atoms with van der Waals surface area (Å²) >= 11 is 0. The maximum atomic E-state index is 12.7. The molecule has 1 atom stereocenters. The number of nitrogens with zero attached hydrogens (tertiary/aromatic N) is 2. The first kappa shape index (κ1) is 21.7. The Morgan fingerprint density at radius 2 is 1.79 bits per heavy atom. The number of carbonyl (C=O) groups is 2. The molecule has 0 bridgehead atoms. The molecular formula is C20H29N3O5S. The Hall–Kier alpha value is -1.97. The number of sulfonamides is 1. The minimum absolute atomic E-state index is 0.0817. The van der Waals surface area contributed by atoms with Crippen molar-refractivity contribution in [1.82, 2.24) is 14.5 Å². The summed E-state index contributed by atoms with van der Waals surface area (Å²) in [6.07, 6.45) is 2.31. The molecular weight excluding hydrogens is 394 g/mol. The fraction of sp³-hybridized carbons (Fsp3) is 0.600. The minimum Gasteiger partial charge on any atom is -0.376 e. The van der Waals surface area contributed by atoms with E-state index in [4.69, 9.17) is 4.74 Å². The van der Waals surface area contributed by atoms with Crippen molar-refractivity contribution < 1.29 is 22.7 Å². The van der Waals surface area contributed by atoms with Gasteiger partial charge in [-0.1, -0.05) is 17.7 Å². The molecule has 2 fully saturated rings. The number of hydrogen-bond acceptors (Lipinski definition) is 5. The van der Waals surface area contributed by atoms with Gasteiger partial charge < -0.3 is 15.0 Å². The average Bonchev–Trinajstić information content (AvgIpc) is 3.24. The maximum absolute atomic E-state index is 12.7. The highest BCUT2D eigenvalue weighted by molar-refractivity contribution is 7.89. The van der Waals surface area contributed by atoms with Crippen molar-refractivity contribution in [2.75, 3.05) is 39.3 Å². The Morgan fingerprint density at radius 1 is 1.10 bits per heavy atom. The van der Waals surface area contributed by atoms with E-state index in [1.54, 1.807) is 29.2 Å². The van der Waals surface area contributed by atoms with Gasteiger partial charge in [-0.2, -0.15) is 4.31 Å². The van der Waals surface area contributed by atoms with E-state index in [2.05, 4.69) is 5.32 Å². The van der Waals surface area contributed by atoms with E-state index in [9.17, 15) is 18.0 Å². The van der Waals surface area contributed by atoms with E-state index in [-0.39, 0.29) is 48.7 Å². The molecule has 2 aliphatic heterocycles. The van der Waals surface area contributed by atoms with Crippen LogP contribution in [0.2, 0.25) is 0 Å². The first-order chi connectivity index (χ1) is 13.9. The van der Waals surface area contributed by atoms with E-state index in [1.807, 2.05) is 6.92 Å². The standard InChI is InChI=1S/C20H29N3O5S/c1-16-4-6-18(7-5-16)29(26,27)23-12-10-22(11-13-23)20(25)9-8-19(24)21-15-17-3-2-14-28-17/h4-7,17H,2-3,8-15H2,1H3,(H,21,24)/t17-/m0/s1. The van der Waals surface area contributed by atoms with Gasteiger partial charge >= 0.3 is 0 Å². The van der Waals surface area contributed by atoms with E-state index in [1.165, 1.54) is 4.31 Å². The largest absolute Gasteiger partial charge is 0.376 e. The number of piperazine rings is 1. The van der Waals surface area contributed by atoms with Crippen molar-refractivity contribution in [2.24, 2.45) is 0 Å². The molecule has 3 rings (SSSR count). The zero-order valence-corrected chi connectivity index (χ0v) is 17.6. The Bertz CT molecular complexity index is 811. The van der Waals surface area contributed by atoms with Gasteiger partial charge in [0.05, 0.1) is 11.0 Å². The Kier molecular flexibility index (Phi) is 7.26. The van der Waals surface area contributed by atoms with E-state index >= 15 is 0 Å². The summed E-state index contributed by atoms with van der Waals surface area (Å²) < 4.78 is 32.3. The predicted octanol–water partition coefficient (Wildman–Crippen LogP) is 0.903. The molecule has 0 unspecified atom stereocenters. The lowest BCUT2D eigenvalue weighted by atomic mass is 10.2. The molecule has 2 saturated heterocycles. The van der Waals surface area contributed by atoms with Crippen molar-refractivity contribution in [2.45, 2.75) is 43.6 Å². The monoisotopic (exact) mass is 423 g/mol. The molecule has 0 spiro atoms. The molecule has 2 amide bonds. The lowest BCUT2D eigenvalue weighted by Crippen LogP contribution is -2.50. The summed E-state index contributed by atoms with van der Waals surface area (Å²) in [5.41, 5.74) is 0.999. The van der Waals surface area contributed by atoms with E-state index in [0.717, 1.165) is 25.0 Å². The molecule has 8 nitrogen and oxygen atoms in total. The molecule has 0 aromatic heterocycles. The molecule has 1 aromatic rings. The molecule has 1 N–H and O–H groups in total. The Balaban J connectivity index is 1.42. The number of ether oxygens (including phenoxy) is 1. The van der Waals surface area contributed by atoms with Crippen LogP contribution in [0.4, 0.5) is 0 Å². The summed E-state index contributed by atoms with van der Waals surface area (Å²) in [5.74, 6) is -0.279. The fourth-order valence-electron chi connectivity index (χ4n) is 3.54. The molecule has 29 heavy (non-hydrogen) atoms. The second kappa shape index (κ2) is 9.69. The molecule has 2 aliphatic rings. The molecule has 0 aliphatic carbocycles. The number of amides is 2. The lowest BCUT2D eigenvalue weighted by molar-refractivity contribution is -0.134. The number of benzene rings is 1. The van der Waals surface area contributed by atoms with Gasteiger partial charge in [0.2, 0.25) is 21.8 Å². The number of aryl methyl sites for hydroxylation is 1. The highest BCUT2D eigenvalue weighted by Crippen LogP contribution is 2.18. The summed E-state index contributed by atoms with van der Waals surface area (Å²) in [6.45, 7) is 4.32. The quantitative estimate of drug-likeness (QED) is 0.703. The van der Waals surface area contributed by atoms with Crippen molar-refractivity contribution in [1.29, 1.82) is 0 Å². The van der Waals surface area contributed by atoms with Crippen LogP contribution in [0.15, 0.2) is 29.2 Å². The van der Waals surface area contributed by atoms with Crippen LogP contribution in [-0.2, 0) is 24.3 Å². The first-order valence-electron chi connectivity index (χ1n) is 10.1. The van der Waals surface area contributed by atoms with Crippen LogP contribution in [0.25, 0.3) is 0 Å². The molecule has 0 saturated carbocycles. The van der Waals surface area contributed by atoms with Crippen molar-refractivity contribution >= 4 is 21.8 Å². The van der Waals surface area contributed by atoms with Crippen molar-refractivity contribution in [3.8, 4) is 0 Å². The Labute approximate surface area is 172 Å². The van der Waals surface area contributed by atoms with Gasteiger partial charge in [0.15, 0.2) is 0 Å². The van der Waals surface area contributed by atoms with Crippen molar-refractivity contribution in [3.05, 3.63) is 29.8 Å². The number of nitrogens with one attached hydrogen (secondary N) is 1. The predicted molar refractivity (Wildman–Crippen MR) is 108 cm³/mol. The van der Waals surface area contributed by atoms with Crippen LogP contribution >= 0.6 is 0 Å². The van der Waals surface area contributed by atoms with Gasteiger partial charge in [0.25, 0.3) is 0 Å². The third kappa shape index (κ3) is 5.77. The molecule has 160 valence electrons. The minimum atomic E-state index is -3.55. The summed E-state index contributed by atoms with van der Waals surface area (Å²) in [4.78, 5) is 26.2. The summed E-state index contributed by atoms with van der Waals surface area (Å²) in [5, 5.41) is 2.81. The number of carbonyl (C=O) groups excluding carboxylic acids is 2. The Morgan fingerprint density at radius 3 is 2.41 bits per heavy atom. The van der Waals surface area contributed by atoms with Gasteiger partial charge in [-0.25, -0.2) is 8.42 Å². The maximum Gasteiger partial charge on any atom is 0.243 e. The van der Waals surface area contributed by atoms with Crippen LogP contribution in [0.5, 0.6) is 0 Å². The van der Waals surface area contributed by atoms with E-state index in [0.29, 0.717) is 19.6 Å². The van der Waals surface area contributed by atoms with Gasteiger partial charge in [-0.15, -0.1) is 0 Å². The third-order valence-corrected chi connectivity index (χ3v) is 7.28. The molecule has 1 aromatic carbocycles. The third-order valence-electron chi connectivity index (χ3n) is 5.37. The zero-order chi connectivity index (χ0) is 20.9. The van der Waals surface area contributed by atoms with Crippen molar-refractivity contribution in [3.63, 3.8) is 0 Å².